The summed E-state index contributed by atoms with van der Waals surface area (Å²) in [5.41, 5.74) is 1.15. The van der Waals surface area contributed by atoms with Gasteiger partial charge in [-0.15, -0.1) is 6.08 Å². The molecule has 84 valence electrons. The van der Waals surface area contributed by atoms with Crippen LogP contribution in [0.5, 0.6) is 0 Å². The van der Waals surface area contributed by atoms with Crippen LogP contribution in [0.2, 0.25) is 5.82 Å². The van der Waals surface area contributed by atoms with Crippen molar-refractivity contribution in [1.82, 2.24) is 0 Å². The Morgan fingerprint density at radius 2 is 1.81 bits per heavy atom. The van der Waals surface area contributed by atoms with Crippen molar-refractivity contribution in [3.63, 3.8) is 0 Å². The molecule has 1 atom stereocenters. The van der Waals surface area contributed by atoms with Crippen LogP contribution in [-0.2, 0) is 0 Å². The molecule has 0 aromatic heterocycles. The fraction of sp³-hybridized carbons (Fsp3) is 0.182. The third-order valence-electron chi connectivity index (χ3n) is 2.23. The van der Waals surface area contributed by atoms with E-state index in [1.165, 1.54) is 6.08 Å². The van der Waals surface area contributed by atoms with Crippen molar-refractivity contribution in [2.24, 2.45) is 0 Å². The van der Waals surface area contributed by atoms with Gasteiger partial charge in [0.2, 0.25) is 0 Å². The van der Waals surface area contributed by atoms with Gasteiger partial charge in [-0.3, -0.25) is 0 Å². The Morgan fingerprint density at radius 3 is 2.25 bits per heavy atom. The van der Waals surface area contributed by atoms with Gasteiger partial charge in [-0.2, -0.15) is 5.26 Å². The Balaban J connectivity index is 2.74. The fourth-order valence-electron chi connectivity index (χ4n) is 1.06. The second kappa shape index (κ2) is 4.89. The summed E-state index contributed by atoms with van der Waals surface area (Å²) >= 11 is 0. The molecular weight excluding hydrogens is 214 g/mol. The maximum absolute atomic E-state index is 12.2. The zero-order valence-electron chi connectivity index (χ0n) is 8.70. The van der Waals surface area contributed by atoms with Crippen LogP contribution >= 0.6 is 0 Å². The normalized spacial score (nSPS) is 13.7. The molecule has 0 unspecified atom stereocenters. The average Bonchev–Trinajstić information content (AvgIpc) is 2.25. The van der Waals surface area contributed by atoms with E-state index in [1.54, 1.807) is 24.3 Å². The van der Waals surface area contributed by atoms with Crippen molar-refractivity contribution in [2.45, 2.75) is 12.7 Å². The van der Waals surface area contributed by atoms with Gasteiger partial charge in [0, 0.05) is 0 Å². The van der Waals surface area contributed by atoms with Crippen molar-refractivity contribution in [3.05, 3.63) is 41.5 Å². The van der Waals surface area contributed by atoms with E-state index in [0.717, 1.165) is 13.0 Å². The van der Waals surface area contributed by atoms with Crippen LogP contribution in [0.15, 0.2) is 30.3 Å². The fourth-order valence-corrected chi connectivity index (χ4v) is 1.06. The number of allylic oxidation sites excluding steroid dienone is 1. The summed E-state index contributed by atoms with van der Waals surface area (Å²) in [6.07, 6.45) is 2.54. The maximum Gasteiger partial charge on any atom is 0.484 e. The van der Waals surface area contributed by atoms with E-state index in [4.69, 9.17) is 5.26 Å². The van der Waals surface area contributed by atoms with Crippen LogP contribution in [-0.4, -0.2) is 6.98 Å². The molecule has 0 spiro atoms. The molecule has 0 radical (unpaired) electrons. The molecule has 5 heteroatoms. The summed E-state index contributed by atoms with van der Waals surface area (Å²) in [6.45, 7) is -3.69. The van der Waals surface area contributed by atoms with Crippen molar-refractivity contribution in [2.75, 3.05) is 0 Å². The van der Waals surface area contributed by atoms with E-state index < -0.39 is 12.8 Å². The first-order chi connectivity index (χ1) is 7.43. The highest BCUT2D eigenvalue weighted by Crippen LogP contribution is 2.27. The van der Waals surface area contributed by atoms with Gasteiger partial charge in [0.1, 0.15) is 0 Å². The second-order valence-electron chi connectivity index (χ2n) is 3.58. The Labute approximate surface area is 92.3 Å². The number of halogens is 3. The Morgan fingerprint density at radius 1 is 1.25 bits per heavy atom. The lowest BCUT2D eigenvalue weighted by Crippen LogP contribution is -2.19. The molecule has 1 aromatic carbocycles. The van der Waals surface area contributed by atoms with Crippen LogP contribution < -0.4 is 0 Å². The summed E-state index contributed by atoms with van der Waals surface area (Å²) in [5, 5.41) is 8.54. The first kappa shape index (κ1) is 12.4. The predicted octanol–water partition coefficient (Wildman–Crippen LogP) is 3.81. The number of hydrogen-bond acceptors (Lipinski definition) is 1. The van der Waals surface area contributed by atoms with Crippen molar-refractivity contribution < 1.29 is 12.9 Å². The summed E-state index contributed by atoms with van der Waals surface area (Å²) in [6, 6.07) is 8.32. The number of rotatable bonds is 3. The van der Waals surface area contributed by atoms with E-state index >= 15 is 0 Å². The van der Waals surface area contributed by atoms with Gasteiger partial charge >= 0.3 is 6.98 Å². The van der Waals surface area contributed by atoms with Crippen LogP contribution in [0, 0.1) is 11.3 Å². The molecule has 0 aliphatic rings. The van der Waals surface area contributed by atoms with Crippen LogP contribution in [0.25, 0.3) is 6.08 Å². The zero-order chi connectivity index (χ0) is 12.2. The summed E-state index contributed by atoms with van der Waals surface area (Å²) in [7, 11) is 0. The quantitative estimate of drug-likeness (QED) is 0.716. The molecule has 16 heavy (non-hydrogen) atoms. The zero-order valence-corrected chi connectivity index (χ0v) is 8.70. The number of nitrogens with zero attached hydrogens (tertiary/aromatic N) is 1. The Kier molecular flexibility index (Phi) is 3.78. The van der Waals surface area contributed by atoms with Gasteiger partial charge in [0.15, 0.2) is 0 Å². The summed E-state index contributed by atoms with van der Waals surface area (Å²) in [4.78, 5) is 0. The third kappa shape index (κ3) is 3.46. The van der Waals surface area contributed by atoms with Gasteiger partial charge in [-0.25, -0.2) is 0 Å². The van der Waals surface area contributed by atoms with Crippen molar-refractivity contribution in [3.8, 4) is 6.07 Å². The lowest BCUT2D eigenvalue weighted by Gasteiger charge is -2.18. The molecule has 1 nitrogen and oxygen atoms in total. The minimum Gasteiger partial charge on any atom is -0.449 e. The number of nitriles is 1. The minimum atomic E-state index is -4.82. The largest absolute Gasteiger partial charge is 0.484 e. The highest BCUT2D eigenvalue weighted by Gasteiger charge is 2.28. The summed E-state index contributed by atoms with van der Waals surface area (Å²) in [5.74, 6) is -1.41. The molecule has 0 bridgehead atoms. The number of benzene rings is 1. The molecule has 1 rings (SSSR count). The highest BCUT2D eigenvalue weighted by atomic mass is 19.4. The summed E-state index contributed by atoms with van der Waals surface area (Å²) < 4.78 is 36.7. The average molecular weight is 224 g/mol. The second-order valence-corrected chi connectivity index (χ2v) is 3.58. The first-order valence-corrected chi connectivity index (χ1v) is 4.82. The maximum atomic E-state index is 12.2. The molecule has 0 N–H and O–H groups in total. The smallest absolute Gasteiger partial charge is 0.449 e. The van der Waals surface area contributed by atoms with E-state index in [0.29, 0.717) is 11.1 Å². The molecule has 0 aliphatic carbocycles. The molecule has 0 saturated carbocycles. The lowest BCUT2D eigenvalue weighted by molar-refractivity contribution is 0.456. The van der Waals surface area contributed by atoms with Gasteiger partial charge in [0.25, 0.3) is 0 Å². The highest BCUT2D eigenvalue weighted by molar-refractivity contribution is 6.60. The Bertz CT molecular complexity index is 414. The van der Waals surface area contributed by atoms with Crippen molar-refractivity contribution in [1.29, 1.82) is 5.26 Å². The van der Waals surface area contributed by atoms with E-state index in [2.05, 4.69) is 0 Å². The molecule has 0 amide bonds. The molecule has 1 aromatic rings. The van der Waals surface area contributed by atoms with Gasteiger partial charge < -0.3 is 12.9 Å². The topological polar surface area (TPSA) is 23.8 Å². The SMILES string of the molecule is C[C@H](/C=C/c1ccc(C#N)cc1)[B-](F)(F)F. The van der Waals surface area contributed by atoms with E-state index in [1.807, 2.05) is 6.07 Å². The van der Waals surface area contributed by atoms with E-state index in [-0.39, 0.29) is 0 Å². The van der Waals surface area contributed by atoms with Crippen LogP contribution in [0.3, 0.4) is 0 Å². The molecule has 0 aliphatic heterocycles. The molecular formula is C11H10BF3N-. The standard InChI is InChI=1S/C11H10BF3N/c1-9(12(13,14)15)2-3-10-4-6-11(8-16)7-5-10/h2-7,9H,1H3/q-1/b3-2+/t9-/m1/s1. The Hall–Kier alpha value is -1.70. The van der Waals surface area contributed by atoms with Crippen LogP contribution in [0.1, 0.15) is 18.1 Å². The lowest BCUT2D eigenvalue weighted by atomic mass is 9.74. The van der Waals surface area contributed by atoms with Gasteiger partial charge in [0.05, 0.1) is 11.6 Å². The van der Waals surface area contributed by atoms with Crippen LogP contribution in [0.4, 0.5) is 12.9 Å². The molecule has 0 heterocycles. The molecule has 0 saturated heterocycles. The van der Waals surface area contributed by atoms with Gasteiger partial charge in [-0.05, 0) is 17.7 Å². The van der Waals surface area contributed by atoms with Gasteiger partial charge in [-0.1, -0.05) is 30.9 Å². The minimum absolute atomic E-state index is 0.491. The van der Waals surface area contributed by atoms with Crippen molar-refractivity contribution >= 4 is 13.1 Å². The third-order valence-corrected chi connectivity index (χ3v) is 2.23. The number of hydrogen-bond donors (Lipinski definition) is 0. The molecule has 0 fully saturated rings. The first-order valence-electron chi connectivity index (χ1n) is 4.82. The predicted molar refractivity (Wildman–Crippen MR) is 58.7 cm³/mol. The monoisotopic (exact) mass is 224 g/mol. The van der Waals surface area contributed by atoms with E-state index in [9.17, 15) is 12.9 Å².